The maximum atomic E-state index is 9.29. The van der Waals surface area contributed by atoms with Crippen LogP contribution in [0.4, 0.5) is 0 Å². The molecule has 0 aliphatic carbocycles. The maximum Gasteiger partial charge on any atom is 0.207 e. The summed E-state index contributed by atoms with van der Waals surface area (Å²) in [6, 6.07) is 7.75. The minimum atomic E-state index is 0.609. The number of nitrogens with one attached hydrogen (secondary N) is 2. The third-order valence-corrected chi connectivity index (χ3v) is 5.67. The first-order valence-corrected chi connectivity index (χ1v) is 15.7. The Morgan fingerprint density at radius 2 is 1.73 bits per heavy atom. The van der Waals surface area contributed by atoms with Crippen LogP contribution in [-0.4, -0.2) is 40.3 Å². The van der Waals surface area contributed by atoms with Crippen molar-refractivity contribution >= 4 is 29.8 Å². The number of rotatable bonds is 16. The van der Waals surface area contributed by atoms with Crippen molar-refractivity contribution in [3.05, 3.63) is 93.5 Å². The van der Waals surface area contributed by atoms with Gasteiger partial charge in [0, 0.05) is 11.6 Å². The lowest BCUT2D eigenvalue weighted by atomic mass is 10.2. The quantitative estimate of drug-likeness (QED) is 0.0844. The fourth-order valence-electron chi connectivity index (χ4n) is 2.48. The van der Waals surface area contributed by atoms with E-state index in [9.17, 15) is 4.79 Å². The molecule has 236 valence electrons. The molecule has 1 rings (SSSR count). The smallest absolute Gasteiger partial charge is 0.207 e. The van der Waals surface area contributed by atoms with Crippen molar-refractivity contribution in [1.82, 2.24) is 10.6 Å². The summed E-state index contributed by atoms with van der Waals surface area (Å²) in [5.74, 6) is 0. The Morgan fingerprint density at radius 1 is 1.10 bits per heavy atom. The Labute approximate surface area is 262 Å². The van der Waals surface area contributed by atoms with Crippen LogP contribution in [0, 0.1) is 0 Å². The Morgan fingerprint density at radius 3 is 2.22 bits per heavy atom. The zero-order valence-electron chi connectivity index (χ0n) is 27.5. The van der Waals surface area contributed by atoms with Crippen molar-refractivity contribution < 1.29 is 14.3 Å². The highest BCUT2D eigenvalue weighted by molar-refractivity contribution is 8.05. The van der Waals surface area contributed by atoms with Gasteiger partial charge < -0.3 is 20.1 Å². The number of methoxy groups -OCH3 is 1. The van der Waals surface area contributed by atoms with Gasteiger partial charge in [0.1, 0.15) is 0 Å². The molecule has 7 heteroatoms. The van der Waals surface area contributed by atoms with Gasteiger partial charge in [0.05, 0.1) is 26.6 Å². The lowest BCUT2D eigenvalue weighted by Gasteiger charge is -2.06. The monoisotopic (exact) mass is 610 g/mol. The first-order valence-electron chi connectivity index (χ1n) is 14.5. The summed E-state index contributed by atoms with van der Waals surface area (Å²) in [7, 11) is 3.62. The predicted molar refractivity (Wildman–Crippen MR) is 187 cm³/mol. The summed E-state index contributed by atoms with van der Waals surface area (Å²) in [6.07, 6.45) is 13.7. The Hall–Kier alpha value is -2.25. The van der Waals surface area contributed by atoms with Crippen molar-refractivity contribution in [3.63, 3.8) is 0 Å². The molecule has 0 saturated carbocycles. The fourth-order valence-corrected chi connectivity index (χ4v) is 3.31. The molecule has 0 aromatic heterocycles. The van der Waals surface area contributed by atoms with Crippen molar-refractivity contribution in [1.29, 1.82) is 0 Å². The summed E-state index contributed by atoms with van der Waals surface area (Å²) < 4.78 is 10.4. The molecule has 41 heavy (non-hydrogen) atoms. The number of hydrogen-bond acceptors (Lipinski definition) is 5. The number of halogens is 1. The van der Waals surface area contributed by atoms with E-state index in [1.54, 1.807) is 25.1 Å². The number of allylic oxidation sites excluding steroid dienone is 6. The molecule has 5 nitrogen and oxygen atoms in total. The number of ether oxygens (including phenoxy) is 2. The van der Waals surface area contributed by atoms with Crippen LogP contribution in [0.2, 0.25) is 5.02 Å². The van der Waals surface area contributed by atoms with E-state index in [2.05, 4.69) is 29.5 Å². The molecule has 1 aromatic rings. The van der Waals surface area contributed by atoms with Gasteiger partial charge in [0.25, 0.3) is 0 Å². The Bertz CT molecular complexity index is 820. The van der Waals surface area contributed by atoms with E-state index >= 15 is 0 Å². The van der Waals surface area contributed by atoms with Gasteiger partial charge in [-0.3, -0.25) is 4.79 Å². The van der Waals surface area contributed by atoms with Gasteiger partial charge in [-0.1, -0.05) is 81.8 Å². The summed E-state index contributed by atoms with van der Waals surface area (Å²) in [5.41, 5.74) is 3.57. The van der Waals surface area contributed by atoms with Crippen molar-refractivity contribution in [2.24, 2.45) is 0 Å². The summed E-state index contributed by atoms with van der Waals surface area (Å²) in [6.45, 7) is 23.2. The maximum absolute atomic E-state index is 9.29. The van der Waals surface area contributed by atoms with Gasteiger partial charge >= 0.3 is 0 Å². The van der Waals surface area contributed by atoms with Crippen LogP contribution in [0.25, 0.3) is 0 Å². The molecule has 0 heterocycles. The number of benzene rings is 1. The van der Waals surface area contributed by atoms with Crippen molar-refractivity contribution in [2.75, 3.05) is 33.9 Å². The Kier molecular flexibility index (Phi) is 44.5. The van der Waals surface area contributed by atoms with Crippen LogP contribution in [-0.2, 0) is 20.9 Å². The highest BCUT2D eigenvalue weighted by atomic mass is 35.5. The zero-order valence-corrected chi connectivity index (χ0v) is 29.1. The number of carbonyl (C=O) groups is 1. The largest absolute Gasteiger partial charge is 0.504 e. The number of carbonyl (C=O) groups excluding carboxylic acids is 1. The molecule has 1 aromatic carbocycles. The molecule has 0 spiro atoms. The van der Waals surface area contributed by atoms with E-state index in [0.29, 0.717) is 19.6 Å². The SMILES string of the molecule is C=C(CCCCNC)S/C=C(\C)COCc1ccc(Cl)cc1.CC.CC.CCNC=O.C\C=C/C(C)=C\C=C\OC. The molecular formula is C34H59ClN2O3S. The zero-order chi connectivity index (χ0) is 32.2. The van der Waals surface area contributed by atoms with E-state index in [4.69, 9.17) is 21.1 Å². The minimum Gasteiger partial charge on any atom is -0.504 e. The first-order chi connectivity index (χ1) is 19.8. The van der Waals surface area contributed by atoms with Crippen LogP contribution >= 0.6 is 23.4 Å². The number of unbranched alkanes of at least 4 members (excludes halogenated alkanes) is 1. The molecule has 0 atom stereocenters. The van der Waals surface area contributed by atoms with Crippen LogP contribution in [0.15, 0.2) is 82.9 Å². The average Bonchev–Trinajstić information content (AvgIpc) is 2.99. The summed E-state index contributed by atoms with van der Waals surface area (Å²) in [5, 5.41) is 8.48. The lowest BCUT2D eigenvalue weighted by molar-refractivity contribution is -0.109. The molecule has 0 bridgehead atoms. The highest BCUT2D eigenvalue weighted by Gasteiger charge is 1.97. The molecule has 0 fully saturated rings. The van der Waals surface area contributed by atoms with Crippen LogP contribution < -0.4 is 10.6 Å². The summed E-state index contributed by atoms with van der Waals surface area (Å²) in [4.78, 5) is 10.5. The second-order valence-electron chi connectivity index (χ2n) is 7.95. The third-order valence-electron chi connectivity index (χ3n) is 4.36. The first kappa shape index (κ1) is 45.7. The molecule has 0 aliphatic rings. The topological polar surface area (TPSA) is 59.6 Å². The average molecular weight is 611 g/mol. The molecule has 0 unspecified atom stereocenters. The minimum absolute atomic E-state index is 0.609. The third kappa shape index (κ3) is 40.0. The lowest BCUT2D eigenvalue weighted by Crippen LogP contribution is -2.07. The fraction of sp³-hybridized carbons (Fsp3) is 0.500. The molecule has 0 saturated heterocycles. The van der Waals surface area contributed by atoms with E-state index in [-0.39, 0.29) is 0 Å². The molecule has 0 radical (unpaired) electrons. The van der Waals surface area contributed by atoms with Gasteiger partial charge in [-0.05, 0) is 100 Å². The molecular weight excluding hydrogens is 552 g/mol. The van der Waals surface area contributed by atoms with E-state index < -0.39 is 0 Å². The van der Waals surface area contributed by atoms with Crippen LogP contribution in [0.1, 0.15) is 80.2 Å². The normalized spacial score (nSPS) is 10.6. The summed E-state index contributed by atoms with van der Waals surface area (Å²) >= 11 is 7.57. The van der Waals surface area contributed by atoms with Gasteiger partial charge in [-0.25, -0.2) is 0 Å². The van der Waals surface area contributed by atoms with Crippen molar-refractivity contribution in [3.8, 4) is 0 Å². The number of thioether (sulfide) groups is 1. The van der Waals surface area contributed by atoms with E-state index in [1.165, 1.54) is 28.9 Å². The van der Waals surface area contributed by atoms with E-state index in [1.807, 2.05) is 104 Å². The van der Waals surface area contributed by atoms with Gasteiger partial charge in [0.2, 0.25) is 6.41 Å². The van der Waals surface area contributed by atoms with E-state index in [0.717, 1.165) is 30.1 Å². The van der Waals surface area contributed by atoms with Crippen LogP contribution in [0.5, 0.6) is 0 Å². The van der Waals surface area contributed by atoms with Gasteiger partial charge in [0.15, 0.2) is 0 Å². The standard InChI is InChI=1S/C18H26ClNOS.C9H14O.C3H7NO.2C2H6/c1-15(14-22-16(2)6-4-5-11-20-3)12-21-13-17-7-9-18(19)10-8-17;1-4-6-9(2)7-5-8-10-3;1-2-4-3-5;2*1-2/h7-10,14,20H,2,4-6,11-13H2,1,3H3;4-8H,1-3H3;3H,2H2,1H3,(H,4,5);2*1-2H3/b15-14+;6-4-,8-5+,9-7-;;;. The molecule has 1 amide bonds. The van der Waals surface area contributed by atoms with Crippen molar-refractivity contribution in [2.45, 2.75) is 81.3 Å². The molecule has 0 aliphatic heterocycles. The highest BCUT2D eigenvalue weighted by Crippen LogP contribution is 2.22. The van der Waals surface area contributed by atoms with Gasteiger partial charge in [-0.15, -0.1) is 11.8 Å². The Balaban J connectivity index is -0.000000298. The number of hydrogen-bond donors (Lipinski definition) is 2. The predicted octanol–water partition coefficient (Wildman–Crippen LogP) is 9.87. The second-order valence-corrected chi connectivity index (χ2v) is 9.44. The second kappa shape index (κ2) is 39.9. The number of amides is 1. The van der Waals surface area contributed by atoms with Crippen LogP contribution in [0.3, 0.4) is 0 Å². The van der Waals surface area contributed by atoms with Gasteiger partial charge in [-0.2, -0.15) is 0 Å². The molecule has 2 N–H and O–H groups in total.